The Kier molecular flexibility index (Phi) is 4.35. The Morgan fingerprint density at radius 3 is 1.42 bits per heavy atom. The van der Waals surface area contributed by atoms with Gasteiger partial charge in [0, 0.05) is 13.1 Å². The Labute approximate surface area is 159 Å². The largest absolute Gasteiger partial charge is 0.289 e. The van der Waals surface area contributed by atoms with Crippen molar-refractivity contribution in [3.8, 4) is 0 Å². The molecule has 2 aliphatic heterocycles. The molecule has 2 fully saturated rings. The van der Waals surface area contributed by atoms with Crippen molar-refractivity contribution in [3.05, 3.63) is 36.5 Å². The van der Waals surface area contributed by atoms with Crippen LogP contribution in [-0.2, 0) is 9.59 Å². The number of amides is 4. The molecule has 4 rings (SSSR count). The Morgan fingerprint density at radius 1 is 0.731 bits per heavy atom. The monoisotopic (exact) mass is 390 g/mol. The number of hydrogen-bond acceptors (Lipinski definition) is 6. The molecule has 26 heavy (non-hydrogen) atoms. The van der Waals surface area contributed by atoms with E-state index in [1.54, 1.807) is 12.2 Å². The summed E-state index contributed by atoms with van der Waals surface area (Å²) < 4.78 is -1.30. The molecule has 6 nitrogen and oxygen atoms in total. The normalized spacial score (nSPS) is 26.2. The number of hydrogen-bond donors (Lipinski definition) is 0. The van der Waals surface area contributed by atoms with Gasteiger partial charge >= 0.3 is 0 Å². The summed E-state index contributed by atoms with van der Waals surface area (Å²) in [6.07, 6.45) is 13.5. The summed E-state index contributed by atoms with van der Waals surface area (Å²) in [6.45, 7) is 0.338. The quantitative estimate of drug-likeness (QED) is 0.687. The van der Waals surface area contributed by atoms with Crippen LogP contribution in [0.25, 0.3) is 0 Å². The fourth-order valence-corrected chi connectivity index (χ4v) is 5.96. The zero-order valence-electron chi connectivity index (χ0n) is 14.1. The number of imide groups is 2. The molecular formula is C18H18N2O4S2. The van der Waals surface area contributed by atoms with E-state index in [1.165, 1.54) is 9.80 Å². The first kappa shape index (κ1) is 17.6. The molecule has 0 aromatic rings. The molecule has 4 aliphatic rings. The minimum Gasteiger partial charge on any atom is -0.273 e. The molecule has 2 aliphatic carbocycles. The van der Waals surface area contributed by atoms with Crippen molar-refractivity contribution >= 4 is 45.8 Å². The van der Waals surface area contributed by atoms with Crippen LogP contribution in [0.2, 0.25) is 0 Å². The molecule has 8 heteroatoms. The van der Waals surface area contributed by atoms with Crippen molar-refractivity contribution < 1.29 is 19.2 Å². The number of thioether (sulfide) groups is 2. The second kappa shape index (κ2) is 6.42. The summed E-state index contributed by atoms with van der Waals surface area (Å²) in [5.41, 5.74) is 0. The van der Waals surface area contributed by atoms with E-state index in [0.717, 1.165) is 23.5 Å². The van der Waals surface area contributed by atoms with Crippen LogP contribution in [0.1, 0.15) is 25.7 Å². The second-order valence-electron chi connectivity index (χ2n) is 6.79. The average Bonchev–Trinajstić information content (AvgIpc) is 3.35. The van der Waals surface area contributed by atoms with E-state index in [-0.39, 0.29) is 35.4 Å². The Balaban J connectivity index is 1.35. The van der Waals surface area contributed by atoms with Crippen molar-refractivity contribution in [2.75, 3.05) is 13.1 Å². The molecule has 0 aromatic heterocycles. The lowest BCUT2D eigenvalue weighted by molar-refractivity contribution is -0.129. The standard InChI is InChI=1S/C18H18N2O4S2/c21-13-17(7-1-2-8-17)25-15(23)19(13)11-5-6-12-20-14(22)18(26-16(20)24)9-3-4-10-18/h1-6H,7-12H2/b6-5+. The van der Waals surface area contributed by atoms with E-state index in [0.29, 0.717) is 25.7 Å². The first-order valence-corrected chi connectivity index (χ1v) is 10.2. The number of allylic oxidation sites excluding steroid dienone is 4. The fourth-order valence-electron chi connectivity index (χ4n) is 3.64. The molecule has 4 amide bonds. The molecule has 2 heterocycles. The van der Waals surface area contributed by atoms with Gasteiger partial charge in [-0.25, -0.2) is 0 Å². The third kappa shape index (κ3) is 2.66. The van der Waals surface area contributed by atoms with E-state index in [2.05, 4.69) is 0 Å². The predicted octanol–water partition coefficient (Wildman–Crippen LogP) is 3.11. The van der Waals surface area contributed by atoms with Gasteiger partial charge in [-0.05, 0) is 49.2 Å². The van der Waals surface area contributed by atoms with Gasteiger partial charge in [-0.1, -0.05) is 36.5 Å². The molecule has 2 saturated heterocycles. The maximum atomic E-state index is 12.5. The molecule has 136 valence electrons. The lowest BCUT2D eigenvalue weighted by Gasteiger charge is -2.19. The molecule has 0 atom stereocenters. The van der Waals surface area contributed by atoms with Gasteiger partial charge < -0.3 is 0 Å². The third-order valence-corrected chi connectivity index (χ3v) is 7.73. The van der Waals surface area contributed by atoms with Gasteiger partial charge in [0.1, 0.15) is 9.49 Å². The molecule has 0 aromatic carbocycles. The highest BCUT2D eigenvalue weighted by molar-refractivity contribution is 8.16. The maximum Gasteiger partial charge on any atom is 0.289 e. The first-order valence-electron chi connectivity index (χ1n) is 8.52. The van der Waals surface area contributed by atoms with Crippen LogP contribution in [0, 0.1) is 0 Å². The van der Waals surface area contributed by atoms with Crippen molar-refractivity contribution in [2.24, 2.45) is 0 Å². The van der Waals surface area contributed by atoms with Gasteiger partial charge in [0.15, 0.2) is 0 Å². The Morgan fingerprint density at radius 2 is 1.08 bits per heavy atom. The maximum absolute atomic E-state index is 12.5. The molecule has 0 unspecified atom stereocenters. The van der Waals surface area contributed by atoms with E-state index in [4.69, 9.17) is 0 Å². The number of rotatable bonds is 4. The van der Waals surface area contributed by atoms with E-state index < -0.39 is 9.49 Å². The van der Waals surface area contributed by atoms with Gasteiger partial charge in [0.25, 0.3) is 10.5 Å². The summed E-state index contributed by atoms with van der Waals surface area (Å²) in [5, 5.41) is -0.466. The number of nitrogens with zero attached hydrogens (tertiary/aromatic N) is 2. The summed E-state index contributed by atoms with van der Waals surface area (Å²) in [7, 11) is 0. The highest BCUT2D eigenvalue weighted by atomic mass is 32.2. The summed E-state index contributed by atoms with van der Waals surface area (Å²) in [6, 6.07) is 0. The predicted molar refractivity (Wildman–Crippen MR) is 101 cm³/mol. The molecule has 0 radical (unpaired) electrons. The molecular weight excluding hydrogens is 372 g/mol. The van der Waals surface area contributed by atoms with Gasteiger partial charge in [0.2, 0.25) is 11.8 Å². The van der Waals surface area contributed by atoms with Crippen LogP contribution < -0.4 is 0 Å². The van der Waals surface area contributed by atoms with Crippen LogP contribution in [0.15, 0.2) is 36.5 Å². The minimum absolute atomic E-state index is 0.151. The van der Waals surface area contributed by atoms with Crippen molar-refractivity contribution in [1.29, 1.82) is 0 Å². The number of carbonyl (C=O) groups excluding carboxylic acids is 4. The molecule has 0 saturated carbocycles. The Bertz CT molecular complexity index is 706. The summed E-state index contributed by atoms with van der Waals surface area (Å²) >= 11 is 2.20. The number of carbonyl (C=O) groups is 4. The second-order valence-corrected chi connectivity index (χ2v) is 9.46. The van der Waals surface area contributed by atoms with Gasteiger partial charge in [-0.2, -0.15) is 0 Å². The Hall–Kier alpha value is -1.80. The summed E-state index contributed by atoms with van der Waals surface area (Å²) in [4.78, 5) is 51.9. The SMILES string of the molecule is O=C1SC2(CC=CC2)C(=O)N1C/C=C/CN1C(=O)SC2(CC=CC2)C1=O. The third-order valence-electron chi connectivity index (χ3n) is 5.14. The molecule has 0 N–H and O–H groups in total. The zero-order valence-corrected chi connectivity index (χ0v) is 15.7. The van der Waals surface area contributed by atoms with Gasteiger partial charge in [-0.15, -0.1) is 0 Å². The van der Waals surface area contributed by atoms with Crippen LogP contribution in [0.5, 0.6) is 0 Å². The van der Waals surface area contributed by atoms with E-state index in [9.17, 15) is 19.2 Å². The van der Waals surface area contributed by atoms with Crippen LogP contribution in [0.3, 0.4) is 0 Å². The van der Waals surface area contributed by atoms with Gasteiger partial charge in [-0.3, -0.25) is 29.0 Å². The van der Waals surface area contributed by atoms with Crippen molar-refractivity contribution in [1.82, 2.24) is 9.80 Å². The van der Waals surface area contributed by atoms with E-state index in [1.807, 2.05) is 24.3 Å². The smallest absolute Gasteiger partial charge is 0.273 e. The first-order chi connectivity index (χ1) is 12.5. The lowest BCUT2D eigenvalue weighted by atomic mass is 10.0. The fraction of sp³-hybridized carbons (Fsp3) is 0.444. The van der Waals surface area contributed by atoms with Crippen molar-refractivity contribution in [3.63, 3.8) is 0 Å². The zero-order chi connectivity index (χ0) is 18.4. The van der Waals surface area contributed by atoms with E-state index >= 15 is 0 Å². The van der Waals surface area contributed by atoms with Gasteiger partial charge in [0.05, 0.1) is 0 Å². The van der Waals surface area contributed by atoms with Crippen LogP contribution in [-0.4, -0.2) is 54.7 Å². The van der Waals surface area contributed by atoms with Crippen molar-refractivity contribution in [2.45, 2.75) is 35.2 Å². The minimum atomic E-state index is -0.649. The highest BCUT2D eigenvalue weighted by Gasteiger charge is 2.53. The topological polar surface area (TPSA) is 74.8 Å². The van der Waals surface area contributed by atoms with Crippen LogP contribution >= 0.6 is 23.5 Å². The average molecular weight is 390 g/mol. The van der Waals surface area contributed by atoms with Crippen LogP contribution in [0.4, 0.5) is 9.59 Å². The highest BCUT2D eigenvalue weighted by Crippen LogP contribution is 2.46. The lowest BCUT2D eigenvalue weighted by Crippen LogP contribution is -2.38. The molecule has 0 bridgehead atoms. The molecule has 2 spiro atoms. The summed E-state index contributed by atoms with van der Waals surface area (Å²) in [5.74, 6) is -0.302.